The smallest absolute Gasteiger partial charge is 0.435 e. The van der Waals surface area contributed by atoms with Crippen LogP contribution in [-0.2, 0) is 26.0 Å². The number of aryl methyl sites for hydroxylation is 1. The van der Waals surface area contributed by atoms with E-state index >= 15 is 0 Å². The van der Waals surface area contributed by atoms with Crippen molar-refractivity contribution in [3.8, 4) is 28.4 Å². The van der Waals surface area contributed by atoms with E-state index in [0.29, 0.717) is 5.02 Å². The summed E-state index contributed by atoms with van der Waals surface area (Å²) in [7, 11) is 1.31. The maximum atomic E-state index is 13.5. The molecule has 0 aliphatic rings. The van der Waals surface area contributed by atoms with Crippen LogP contribution in [0.2, 0.25) is 10.0 Å². The Labute approximate surface area is 211 Å². The zero-order valence-electron chi connectivity index (χ0n) is 18.3. The number of nitrogens with zero attached hydrogens (tertiary/aromatic N) is 3. The van der Waals surface area contributed by atoms with Gasteiger partial charge in [0.1, 0.15) is 18.1 Å². The summed E-state index contributed by atoms with van der Waals surface area (Å²) < 4.78 is 86.7. The molecule has 0 bridgehead atoms. The van der Waals surface area contributed by atoms with E-state index in [1.807, 2.05) is 0 Å². The van der Waals surface area contributed by atoms with Gasteiger partial charge in [0.2, 0.25) is 0 Å². The van der Waals surface area contributed by atoms with Crippen molar-refractivity contribution in [3.05, 3.63) is 87.5 Å². The van der Waals surface area contributed by atoms with Gasteiger partial charge in [-0.05, 0) is 48.0 Å². The molecule has 0 saturated carbocycles. The molecular weight excluding hydrogens is 531 g/mol. The van der Waals surface area contributed by atoms with Crippen molar-refractivity contribution in [1.29, 1.82) is 0 Å². The summed E-state index contributed by atoms with van der Waals surface area (Å²) in [5.41, 5.74) is -1.43. The van der Waals surface area contributed by atoms with Gasteiger partial charge in [-0.3, -0.25) is 4.68 Å². The van der Waals surface area contributed by atoms with E-state index in [2.05, 4.69) is 10.1 Å². The van der Waals surface area contributed by atoms with Crippen LogP contribution in [0.15, 0.2) is 60.7 Å². The standard InChI is InChI=1S/C24H15Cl2F6N3O/c1-35-19(11-21(34-35)24(30,31)32)18-8-9-20(36-12-13-2-5-15(25)6-3-13)22(33-18)14-4-7-17(26)16(10-14)23(27,28)29/h2-11H,12H2,1H3. The molecule has 0 N–H and O–H groups in total. The molecule has 12 heteroatoms. The van der Waals surface area contributed by atoms with E-state index in [1.54, 1.807) is 24.3 Å². The molecule has 0 radical (unpaired) electrons. The minimum Gasteiger partial charge on any atom is -0.487 e. The van der Waals surface area contributed by atoms with Gasteiger partial charge in [0.25, 0.3) is 0 Å². The first-order valence-electron chi connectivity index (χ1n) is 10.2. The van der Waals surface area contributed by atoms with Crippen molar-refractivity contribution in [2.24, 2.45) is 7.05 Å². The maximum absolute atomic E-state index is 13.5. The predicted molar refractivity (Wildman–Crippen MR) is 123 cm³/mol. The molecule has 2 aromatic heterocycles. The van der Waals surface area contributed by atoms with Crippen LogP contribution in [0.1, 0.15) is 16.8 Å². The Morgan fingerprint density at radius 1 is 0.861 bits per heavy atom. The molecule has 0 unspecified atom stereocenters. The summed E-state index contributed by atoms with van der Waals surface area (Å²) in [6.45, 7) is 0.0366. The Balaban J connectivity index is 1.81. The molecule has 0 fully saturated rings. The van der Waals surface area contributed by atoms with Crippen molar-refractivity contribution in [1.82, 2.24) is 14.8 Å². The van der Waals surface area contributed by atoms with E-state index in [1.165, 1.54) is 25.2 Å². The second-order valence-corrected chi connectivity index (χ2v) is 8.53. The molecule has 188 valence electrons. The largest absolute Gasteiger partial charge is 0.487 e. The van der Waals surface area contributed by atoms with E-state index in [-0.39, 0.29) is 35.0 Å². The molecule has 0 aliphatic carbocycles. The van der Waals surface area contributed by atoms with Crippen LogP contribution >= 0.6 is 23.2 Å². The van der Waals surface area contributed by atoms with E-state index < -0.39 is 28.6 Å². The van der Waals surface area contributed by atoms with Crippen LogP contribution in [0.25, 0.3) is 22.6 Å². The molecule has 4 aromatic rings. The second-order valence-electron chi connectivity index (χ2n) is 7.69. The monoisotopic (exact) mass is 545 g/mol. The van der Waals surface area contributed by atoms with Crippen LogP contribution in [0.4, 0.5) is 26.3 Å². The Hall–Kier alpha value is -3.24. The molecule has 0 atom stereocenters. The fourth-order valence-corrected chi connectivity index (χ4v) is 3.74. The summed E-state index contributed by atoms with van der Waals surface area (Å²) >= 11 is 11.6. The molecule has 0 aliphatic heterocycles. The van der Waals surface area contributed by atoms with Gasteiger partial charge in [-0.15, -0.1) is 0 Å². The average molecular weight is 546 g/mol. The van der Waals surface area contributed by atoms with Crippen LogP contribution in [0.3, 0.4) is 0 Å². The van der Waals surface area contributed by atoms with Crippen LogP contribution in [-0.4, -0.2) is 14.8 Å². The first kappa shape index (κ1) is 25.8. The molecule has 4 nitrogen and oxygen atoms in total. The van der Waals surface area contributed by atoms with Gasteiger partial charge in [0.05, 0.1) is 22.0 Å². The first-order chi connectivity index (χ1) is 16.8. The lowest BCUT2D eigenvalue weighted by molar-refractivity contribution is -0.141. The minimum atomic E-state index is -4.74. The zero-order chi connectivity index (χ0) is 26.3. The summed E-state index contributed by atoms with van der Waals surface area (Å²) in [6, 6.07) is 13.6. The number of hydrogen-bond acceptors (Lipinski definition) is 3. The minimum absolute atomic E-state index is 0.0119. The van der Waals surface area contributed by atoms with Crippen LogP contribution < -0.4 is 4.74 Å². The quantitative estimate of drug-likeness (QED) is 0.238. The van der Waals surface area contributed by atoms with Crippen LogP contribution in [0.5, 0.6) is 5.75 Å². The number of ether oxygens (including phenoxy) is 1. The number of halogens is 8. The van der Waals surface area contributed by atoms with Crippen molar-refractivity contribution in [3.63, 3.8) is 0 Å². The highest BCUT2D eigenvalue weighted by Gasteiger charge is 2.35. The van der Waals surface area contributed by atoms with Gasteiger partial charge in [-0.25, -0.2) is 4.98 Å². The summed E-state index contributed by atoms with van der Waals surface area (Å²) in [5.74, 6) is 0.113. The zero-order valence-corrected chi connectivity index (χ0v) is 19.8. The van der Waals surface area contributed by atoms with Gasteiger partial charge in [0, 0.05) is 17.6 Å². The van der Waals surface area contributed by atoms with E-state index in [4.69, 9.17) is 27.9 Å². The second kappa shape index (κ2) is 9.67. The molecule has 2 aromatic carbocycles. The molecule has 0 saturated heterocycles. The fraction of sp³-hybridized carbons (Fsp3) is 0.167. The van der Waals surface area contributed by atoms with Crippen LogP contribution in [0, 0.1) is 0 Å². The third kappa shape index (κ3) is 5.60. The highest BCUT2D eigenvalue weighted by molar-refractivity contribution is 6.31. The number of benzene rings is 2. The summed E-state index contributed by atoms with van der Waals surface area (Å²) in [6.07, 6.45) is -9.42. The molecule has 0 amide bonds. The van der Waals surface area contributed by atoms with Crippen molar-refractivity contribution in [2.75, 3.05) is 0 Å². The predicted octanol–water partition coefficient (Wildman–Crippen LogP) is 8.07. The molecule has 4 rings (SSSR count). The number of rotatable bonds is 5. The fourth-order valence-electron chi connectivity index (χ4n) is 3.39. The Morgan fingerprint density at radius 2 is 1.56 bits per heavy atom. The highest BCUT2D eigenvalue weighted by Crippen LogP contribution is 2.40. The van der Waals surface area contributed by atoms with Gasteiger partial charge in [-0.2, -0.15) is 31.4 Å². The average Bonchev–Trinajstić information content (AvgIpc) is 3.20. The van der Waals surface area contributed by atoms with Gasteiger partial charge >= 0.3 is 12.4 Å². The van der Waals surface area contributed by atoms with Crippen molar-refractivity contribution < 1.29 is 31.1 Å². The van der Waals surface area contributed by atoms with Crippen molar-refractivity contribution >= 4 is 23.2 Å². The number of hydrogen-bond donors (Lipinski definition) is 0. The third-order valence-electron chi connectivity index (χ3n) is 5.14. The summed E-state index contributed by atoms with van der Waals surface area (Å²) in [4.78, 5) is 4.36. The normalized spacial score (nSPS) is 12.1. The lowest BCUT2D eigenvalue weighted by Gasteiger charge is -2.15. The van der Waals surface area contributed by atoms with Gasteiger partial charge in [-0.1, -0.05) is 41.4 Å². The Kier molecular flexibility index (Phi) is 6.94. The molecule has 36 heavy (non-hydrogen) atoms. The van der Waals surface area contributed by atoms with E-state index in [0.717, 1.165) is 28.4 Å². The van der Waals surface area contributed by atoms with E-state index in [9.17, 15) is 26.3 Å². The SMILES string of the molecule is Cn1nc(C(F)(F)F)cc1-c1ccc(OCc2ccc(Cl)cc2)c(-c2ccc(Cl)c(C(F)(F)F)c2)n1. The number of alkyl halides is 6. The van der Waals surface area contributed by atoms with Gasteiger partial charge in [0.15, 0.2) is 5.69 Å². The van der Waals surface area contributed by atoms with Gasteiger partial charge < -0.3 is 4.74 Å². The first-order valence-corrected chi connectivity index (χ1v) is 11.0. The molecule has 2 heterocycles. The molecule has 0 spiro atoms. The Bertz CT molecular complexity index is 1400. The maximum Gasteiger partial charge on any atom is 0.435 e. The number of aromatic nitrogens is 3. The third-order valence-corrected chi connectivity index (χ3v) is 5.73. The topological polar surface area (TPSA) is 39.9 Å². The lowest BCUT2D eigenvalue weighted by atomic mass is 10.1. The van der Waals surface area contributed by atoms with Crippen molar-refractivity contribution in [2.45, 2.75) is 19.0 Å². The summed E-state index contributed by atoms with van der Waals surface area (Å²) in [5, 5.41) is 3.48. The lowest BCUT2D eigenvalue weighted by Crippen LogP contribution is -2.07. The number of pyridine rings is 1. The molecular formula is C24H15Cl2F6N3O. The Morgan fingerprint density at radius 3 is 2.17 bits per heavy atom. The highest BCUT2D eigenvalue weighted by atomic mass is 35.5.